The van der Waals surface area contributed by atoms with Gasteiger partial charge in [0.1, 0.15) is 28.4 Å². The second-order valence-electron chi connectivity index (χ2n) is 16.1. The summed E-state index contributed by atoms with van der Waals surface area (Å²) in [5.41, 5.74) is 1.22. The molecule has 0 saturated carbocycles. The van der Waals surface area contributed by atoms with Crippen LogP contribution in [0.15, 0.2) is 185 Å². The fraction of sp³-hybridized carbons (Fsp3) is 0.0182. The molecule has 0 aliphatic heterocycles. The molecule has 4 nitrogen and oxygen atoms in total. The highest BCUT2D eigenvalue weighted by atomic mass is 19.4. The van der Waals surface area contributed by atoms with E-state index in [0.29, 0.717) is 76.7 Å². The Bertz CT molecular complexity index is 3850. The van der Waals surface area contributed by atoms with Crippen LogP contribution in [0.1, 0.15) is 5.56 Å². The van der Waals surface area contributed by atoms with Gasteiger partial charge in [-0.15, -0.1) is 0 Å². The predicted octanol–water partition coefficient (Wildman–Crippen LogP) is 16.3. The van der Waals surface area contributed by atoms with Crippen LogP contribution < -0.4 is 0 Å². The highest BCUT2D eigenvalue weighted by Gasteiger charge is 2.43. The van der Waals surface area contributed by atoms with Crippen molar-refractivity contribution in [3.63, 3.8) is 0 Å². The molecule has 0 aliphatic rings. The lowest BCUT2D eigenvalue weighted by Crippen LogP contribution is -2.18. The molecule has 0 fully saturated rings. The van der Waals surface area contributed by atoms with E-state index in [2.05, 4.69) is 0 Å². The molecule has 9 heteroatoms. The van der Waals surface area contributed by atoms with Crippen LogP contribution in [0.25, 0.3) is 121 Å². The van der Waals surface area contributed by atoms with Gasteiger partial charge in [0.05, 0.1) is 33.4 Å². The van der Waals surface area contributed by atoms with E-state index in [0.717, 1.165) is 10.8 Å². The summed E-state index contributed by atoms with van der Waals surface area (Å²) in [6.45, 7) is 0. The van der Waals surface area contributed by atoms with Crippen LogP contribution in [-0.2, 0) is 6.18 Å². The molecule has 9 aromatic carbocycles. The number of furan rings is 2. The number of rotatable bonds is 4. The molecule has 306 valence electrons. The Morgan fingerprint density at radius 3 is 1.17 bits per heavy atom. The number of halogens is 5. The van der Waals surface area contributed by atoms with Crippen LogP contribution in [-0.4, -0.2) is 9.13 Å². The van der Waals surface area contributed by atoms with E-state index in [9.17, 15) is 0 Å². The molecule has 4 heterocycles. The Kier molecular flexibility index (Phi) is 7.51. The van der Waals surface area contributed by atoms with E-state index in [1.807, 2.05) is 97.1 Å². The van der Waals surface area contributed by atoms with Crippen molar-refractivity contribution in [2.24, 2.45) is 0 Å². The maximum Gasteiger partial charge on any atom is 0.420 e. The van der Waals surface area contributed by atoms with Gasteiger partial charge in [-0.25, -0.2) is 8.78 Å². The third-order valence-corrected chi connectivity index (χ3v) is 12.7. The Morgan fingerprint density at radius 1 is 0.359 bits per heavy atom. The first-order valence-corrected chi connectivity index (χ1v) is 20.7. The maximum atomic E-state index is 17.4. The van der Waals surface area contributed by atoms with Gasteiger partial charge in [-0.3, -0.25) is 0 Å². The topological polar surface area (TPSA) is 36.1 Å². The number of para-hydroxylation sites is 4. The Morgan fingerprint density at radius 2 is 0.734 bits per heavy atom. The molecule has 0 atom stereocenters. The molecule has 0 amide bonds. The summed E-state index contributed by atoms with van der Waals surface area (Å²) in [5.74, 6) is -1.50. The summed E-state index contributed by atoms with van der Waals surface area (Å²) in [5, 5.41) is 5.57. The van der Waals surface area contributed by atoms with E-state index >= 15 is 22.0 Å². The van der Waals surface area contributed by atoms with Crippen LogP contribution >= 0.6 is 0 Å². The molecule has 0 unspecified atom stereocenters. The summed E-state index contributed by atoms with van der Waals surface area (Å²) in [7, 11) is 0. The van der Waals surface area contributed by atoms with E-state index in [4.69, 9.17) is 8.83 Å². The molecule has 13 rings (SSSR count). The average Bonchev–Trinajstić information content (AvgIpc) is 4.06. The van der Waals surface area contributed by atoms with E-state index < -0.39 is 23.4 Å². The molecular formula is C55H29F5N2O2. The zero-order valence-electron chi connectivity index (χ0n) is 33.3. The number of nitrogens with zero attached hydrogens (tertiary/aromatic N) is 2. The fourth-order valence-electron chi connectivity index (χ4n) is 10.1. The minimum atomic E-state index is -5.16. The zero-order valence-corrected chi connectivity index (χ0v) is 33.3. The summed E-state index contributed by atoms with van der Waals surface area (Å²) in [6.07, 6.45) is -5.16. The van der Waals surface area contributed by atoms with Crippen LogP contribution in [0, 0.1) is 11.6 Å². The van der Waals surface area contributed by atoms with Gasteiger partial charge in [0.2, 0.25) is 0 Å². The molecule has 0 saturated heterocycles. The van der Waals surface area contributed by atoms with Crippen molar-refractivity contribution < 1.29 is 30.8 Å². The second kappa shape index (κ2) is 13.2. The summed E-state index contributed by atoms with van der Waals surface area (Å²) >= 11 is 0. The smallest absolute Gasteiger partial charge is 0.420 e. The lowest BCUT2D eigenvalue weighted by Gasteiger charge is -2.27. The minimum absolute atomic E-state index is 0.0992. The van der Waals surface area contributed by atoms with Crippen molar-refractivity contribution in [1.82, 2.24) is 9.13 Å². The van der Waals surface area contributed by atoms with E-state index in [-0.39, 0.29) is 33.6 Å². The van der Waals surface area contributed by atoms with Crippen LogP contribution in [0.5, 0.6) is 0 Å². The van der Waals surface area contributed by atoms with E-state index in [1.54, 1.807) is 45.5 Å². The van der Waals surface area contributed by atoms with Gasteiger partial charge in [-0.1, -0.05) is 121 Å². The van der Waals surface area contributed by atoms with Crippen molar-refractivity contribution >= 4 is 87.5 Å². The van der Waals surface area contributed by atoms with Crippen molar-refractivity contribution in [1.29, 1.82) is 0 Å². The van der Waals surface area contributed by atoms with Crippen LogP contribution in [0.3, 0.4) is 0 Å². The quantitative estimate of drug-likeness (QED) is 0.166. The Hall–Kier alpha value is -8.17. The maximum absolute atomic E-state index is 17.4. The lowest BCUT2D eigenvalue weighted by atomic mass is 9.90. The third-order valence-electron chi connectivity index (χ3n) is 12.7. The largest absolute Gasteiger partial charge is 0.454 e. The number of alkyl halides is 3. The number of aromatic nitrogens is 2. The molecular weight excluding hydrogens is 816 g/mol. The van der Waals surface area contributed by atoms with Crippen LogP contribution in [0.2, 0.25) is 0 Å². The standard InChI is InChI=1S/C55H29F5N2O2/c56-42-19-7-1-13-30(42)40-29-41(31-14-2-8-20-43(31)57)50(62-45-22-10-4-16-33(45)37-26-28-39-35-18-6-12-24-47(35)64-54(39)52(37)62)48(55(58,59)60)49(40)61-44-21-9-3-15-32(44)36-25-27-38-34-17-5-11-23-46(34)63-53(38)51(36)61/h1-29H. The number of hydrogen-bond donors (Lipinski definition) is 0. The van der Waals surface area contributed by atoms with Crippen molar-refractivity contribution in [3.8, 4) is 33.6 Å². The number of benzene rings is 9. The van der Waals surface area contributed by atoms with Crippen LogP contribution in [0.4, 0.5) is 22.0 Å². The first-order chi connectivity index (χ1) is 31.3. The van der Waals surface area contributed by atoms with Crippen molar-refractivity contribution in [2.75, 3.05) is 0 Å². The highest BCUT2D eigenvalue weighted by molar-refractivity contribution is 6.23. The summed E-state index contributed by atoms with van der Waals surface area (Å²) < 4.78 is 102. The van der Waals surface area contributed by atoms with Gasteiger partial charge >= 0.3 is 6.18 Å². The summed E-state index contributed by atoms with van der Waals surface area (Å²) in [4.78, 5) is 0. The molecule has 4 aromatic heterocycles. The average molecular weight is 845 g/mol. The van der Waals surface area contributed by atoms with Gasteiger partial charge in [-0.05, 0) is 54.6 Å². The van der Waals surface area contributed by atoms with Gasteiger partial charge in [0, 0.05) is 65.3 Å². The van der Waals surface area contributed by atoms with Gasteiger partial charge in [0.25, 0.3) is 0 Å². The first-order valence-electron chi connectivity index (χ1n) is 20.7. The fourth-order valence-corrected chi connectivity index (χ4v) is 10.1. The molecule has 13 aromatic rings. The minimum Gasteiger partial charge on any atom is -0.454 e. The van der Waals surface area contributed by atoms with Gasteiger partial charge in [-0.2, -0.15) is 13.2 Å². The zero-order chi connectivity index (χ0) is 43.0. The molecule has 0 spiro atoms. The Balaban J connectivity index is 1.34. The van der Waals surface area contributed by atoms with Crippen molar-refractivity contribution in [2.45, 2.75) is 6.18 Å². The third kappa shape index (κ3) is 4.97. The normalized spacial score (nSPS) is 12.5. The molecule has 0 radical (unpaired) electrons. The first kappa shape index (κ1) is 36.5. The molecule has 0 bridgehead atoms. The number of fused-ring (bicyclic) bond motifs is 14. The molecule has 0 aliphatic carbocycles. The monoisotopic (exact) mass is 844 g/mol. The SMILES string of the molecule is Fc1ccccc1-c1cc(-c2ccccc2F)c(-n2c3ccccc3c3ccc4c5ccccc5oc4c32)c(C(F)(F)F)c1-n1c2ccccc2c2ccc3c4ccccc4oc3c21. The van der Waals surface area contributed by atoms with E-state index in [1.165, 1.54) is 42.5 Å². The van der Waals surface area contributed by atoms with Gasteiger partial charge < -0.3 is 18.0 Å². The number of hydrogen-bond acceptors (Lipinski definition) is 2. The summed E-state index contributed by atoms with van der Waals surface area (Å²) in [6, 6.07) is 50.0. The van der Waals surface area contributed by atoms with Gasteiger partial charge in [0.15, 0.2) is 11.2 Å². The van der Waals surface area contributed by atoms with Crippen molar-refractivity contribution in [3.05, 3.63) is 193 Å². The molecule has 64 heavy (non-hydrogen) atoms. The predicted molar refractivity (Wildman–Crippen MR) is 245 cm³/mol. The second-order valence-corrected chi connectivity index (χ2v) is 16.1. The lowest BCUT2D eigenvalue weighted by molar-refractivity contribution is -0.137. The Labute approximate surface area is 359 Å². The highest BCUT2D eigenvalue weighted by Crippen LogP contribution is 2.53. The molecule has 0 N–H and O–H groups in total.